The molecule has 2 N–H and O–H groups in total. The second-order valence-electron chi connectivity index (χ2n) is 4.23. The molecule has 0 aromatic heterocycles. The van der Waals surface area contributed by atoms with Gasteiger partial charge < -0.3 is 10.5 Å². The molecule has 2 rings (SSSR count). The van der Waals surface area contributed by atoms with Crippen LogP contribution in [0.25, 0.3) is 0 Å². The highest BCUT2D eigenvalue weighted by Crippen LogP contribution is 2.34. The van der Waals surface area contributed by atoms with E-state index in [1.54, 1.807) is 0 Å². The van der Waals surface area contributed by atoms with Crippen LogP contribution in [0.15, 0.2) is 46.9 Å². The average Bonchev–Trinajstić information content (AvgIpc) is 2.39. The number of hydrogen-bond acceptors (Lipinski definition) is 2. The fourth-order valence-electron chi connectivity index (χ4n) is 1.88. The van der Waals surface area contributed by atoms with Crippen LogP contribution in [0.2, 0.25) is 0 Å². The zero-order valence-corrected chi connectivity index (χ0v) is 12.1. The number of nitrogens with two attached hydrogens (primary N) is 1. The van der Waals surface area contributed by atoms with Gasteiger partial charge in [0.15, 0.2) is 0 Å². The van der Waals surface area contributed by atoms with Crippen LogP contribution in [0.1, 0.15) is 17.2 Å². The lowest BCUT2D eigenvalue weighted by Gasteiger charge is -2.19. The van der Waals surface area contributed by atoms with Gasteiger partial charge in [-0.2, -0.15) is 0 Å². The van der Waals surface area contributed by atoms with Gasteiger partial charge in [0.2, 0.25) is 0 Å². The standard InChI is InChI=1S/C14H10BrF4NO/c15-11-6-5-8(16)7-10(11)13(20)9-3-1-2-4-12(9)21-14(17,18)19/h1-7,13H,20H2. The molecule has 7 heteroatoms. The van der Waals surface area contributed by atoms with Gasteiger partial charge in [0.25, 0.3) is 0 Å². The van der Waals surface area contributed by atoms with Crippen LogP contribution in [0.4, 0.5) is 17.6 Å². The lowest BCUT2D eigenvalue weighted by molar-refractivity contribution is -0.274. The van der Waals surface area contributed by atoms with E-state index in [9.17, 15) is 17.6 Å². The predicted molar refractivity (Wildman–Crippen MR) is 73.3 cm³/mol. The van der Waals surface area contributed by atoms with Gasteiger partial charge in [-0.25, -0.2) is 4.39 Å². The first kappa shape index (κ1) is 15.8. The first-order chi connectivity index (χ1) is 9.78. The van der Waals surface area contributed by atoms with E-state index in [0.717, 1.165) is 6.07 Å². The van der Waals surface area contributed by atoms with Crippen LogP contribution >= 0.6 is 15.9 Å². The summed E-state index contributed by atoms with van der Waals surface area (Å²) in [5.74, 6) is -0.938. The molecule has 0 saturated carbocycles. The van der Waals surface area contributed by atoms with E-state index in [1.807, 2.05) is 0 Å². The highest BCUT2D eigenvalue weighted by Gasteiger charge is 2.32. The van der Waals surface area contributed by atoms with Crippen LogP contribution in [-0.4, -0.2) is 6.36 Å². The molecule has 0 bridgehead atoms. The molecule has 112 valence electrons. The van der Waals surface area contributed by atoms with Gasteiger partial charge in [0.1, 0.15) is 11.6 Å². The molecule has 2 nitrogen and oxygen atoms in total. The smallest absolute Gasteiger partial charge is 0.405 e. The molecule has 0 saturated heterocycles. The normalized spacial score (nSPS) is 13.0. The van der Waals surface area contributed by atoms with Crippen LogP contribution in [-0.2, 0) is 0 Å². The first-order valence-electron chi connectivity index (χ1n) is 5.83. The number of alkyl halides is 3. The highest BCUT2D eigenvalue weighted by atomic mass is 79.9. The molecular weight excluding hydrogens is 354 g/mol. The quantitative estimate of drug-likeness (QED) is 0.812. The van der Waals surface area contributed by atoms with E-state index >= 15 is 0 Å². The number of para-hydroxylation sites is 1. The number of halogens is 5. The zero-order valence-electron chi connectivity index (χ0n) is 10.5. The Morgan fingerprint density at radius 2 is 1.71 bits per heavy atom. The molecule has 0 radical (unpaired) electrons. The topological polar surface area (TPSA) is 35.2 Å². The molecule has 0 fully saturated rings. The molecule has 0 aliphatic rings. The van der Waals surface area contributed by atoms with Crippen molar-refractivity contribution in [3.05, 3.63) is 63.9 Å². The Hall–Kier alpha value is -1.60. The van der Waals surface area contributed by atoms with Crippen LogP contribution < -0.4 is 10.5 Å². The van der Waals surface area contributed by atoms with Crippen molar-refractivity contribution in [3.63, 3.8) is 0 Å². The largest absolute Gasteiger partial charge is 0.573 e. The minimum absolute atomic E-state index is 0.112. The van der Waals surface area contributed by atoms with Gasteiger partial charge in [-0.05, 0) is 29.8 Å². The summed E-state index contributed by atoms with van der Waals surface area (Å²) in [4.78, 5) is 0. The summed E-state index contributed by atoms with van der Waals surface area (Å²) in [6.45, 7) is 0. The summed E-state index contributed by atoms with van der Waals surface area (Å²) in [5.41, 5.74) is 6.40. The molecule has 0 spiro atoms. The third-order valence-corrected chi connectivity index (χ3v) is 3.50. The zero-order chi connectivity index (χ0) is 15.6. The van der Waals surface area contributed by atoms with Gasteiger partial charge in [0.05, 0.1) is 6.04 Å². The van der Waals surface area contributed by atoms with Crippen molar-refractivity contribution in [1.82, 2.24) is 0 Å². The molecule has 0 amide bonds. The van der Waals surface area contributed by atoms with E-state index in [-0.39, 0.29) is 5.56 Å². The third kappa shape index (κ3) is 3.95. The van der Waals surface area contributed by atoms with E-state index in [2.05, 4.69) is 20.7 Å². The van der Waals surface area contributed by atoms with E-state index in [0.29, 0.717) is 10.0 Å². The first-order valence-corrected chi connectivity index (χ1v) is 6.62. The average molecular weight is 364 g/mol. The highest BCUT2D eigenvalue weighted by molar-refractivity contribution is 9.10. The third-order valence-electron chi connectivity index (χ3n) is 2.77. The summed E-state index contributed by atoms with van der Waals surface area (Å²) in [7, 11) is 0. The number of benzene rings is 2. The van der Waals surface area contributed by atoms with Crippen LogP contribution in [0.5, 0.6) is 5.75 Å². The van der Waals surface area contributed by atoms with Crippen molar-refractivity contribution in [2.24, 2.45) is 5.73 Å². The maximum atomic E-state index is 13.3. The molecule has 1 unspecified atom stereocenters. The summed E-state index contributed by atoms with van der Waals surface area (Å²) in [6, 6.07) is 8.37. The molecule has 0 aliphatic heterocycles. The monoisotopic (exact) mass is 363 g/mol. The molecular formula is C14H10BrF4NO. The molecule has 21 heavy (non-hydrogen) atoms. The predicted octanol–water partition coefficient (Wildman–Crippen LogP) is 4.53. The Kier molecular flexibility index (Phi) is 4.53. The van der Waals surface area contributed by atoms with E-state index < -0.39 is 24.0 Å². The van der Waals surface area contributed by atoms with Crippen LogP contribution in [0.3, 0.4) is 0 Å². The van der Waals surface area contributed by atoms with Crippen LogP contribution in [0, 0.1) is 5.82 Å². The molecule has 0 aliphatic carbocycles. The molecule has 2 aromatic rings. The van der Waals surface area contributed by atoms with Crippen molar-refractivity contribution in [2.45, 2.75) is 12.4 Å². The Morgan fingerprint density at radius 3 is 2.38 bits per heavy atom. The lowest BCUT2D eigenvalue weighted by Crippen LogP contribution is -2.21. The Balaban J connectivity index is 2.44. The second-order valence-corrected chi connectivity index (χ2v) is 5.08. The Morgan fingerprint density at radius 1 is 1.05 bits per heavy atom. The van der Waals surface area contributed by atoms with E-state index in [1.165, 1.54) is 36.4 Å². The number of hydrogen-bond donors (Lipinski definition) is 1. The van der Waals surface area contributed by atoms with Gasteiger partial charge in [0, 0.05) is 10.0 Å². The van der Waals surface area contributed by atoms with Crippen molar-refractivity contribution in [2.75, 3.05) is 0 Å². The number of rotatable bonds is 3. The van der Waals surface area contributed by atoms with Gasteiger partial charge in [-0.15, -0.1) is 13.2 Å². The molecule has 1 atom stereocenters. The maximum Gasteiger partial charge on any atom is 0.573 e. The number of ether oxygens (including phenoxy) is 1. The lowest BCUT2D eigenvalue weighted by atomic mass is 9.98. The van der Waals surface area contributed by atoms with Crippen molar-refractivity contribution >= 4 is 15.9 Å². The van der Waals surface area contributed by atoms with Crippen molar-refractivity contribution < 1.29 is 22.3 Å². The minimum Gasteiger partial charge on any atom is -0.405 e. The molecule has 0 heterocycles. The van der Waals surface area contributed by atoms with Crippen molar-refractivity contribution in [3.8, 4) is 5.75 Å². The Bertz CT molecular complexity index is 645. The summed E-state index contributed by atoms with van der Waals surface area (Å²) >= 11 is 3.20. The van der Waals surface area contributed by atoms with Crippen molar-refractivity contribution in [1.29, 1.82) is 0 Å². The SMILES string of the molecule is NC(c1cc(F)ccc1Br)c1ccccc1OC(F)(F)F. The minimum atomic E-state index is -4.82. The van der Waals surface area contributed by atoms with Gasteiger partial charge in [-0.1, -0.05) is 34.1 Å². The summed E-state index contributed by atoms with van der Waals surface area (Å²) in [6.07, 6.45) is -4.82. The second kappa shape index (κ2) is 6.03. The van der Waals surface area contributed by atoms with E-state index in [4.69, 9.17) is 5.73 Å². The summed E-state index contributed by atoms with van der Waals surface area (Å²) < 4.78 is 55.0. The Labute approximate surface area is 126 Å². The fourth-order valence-corrected chi connectivity index (χ4v) is 2.37. The summed E-state index contributed by atoms with van der Waals surface area (Å²) in [5, 5.41) is 0. The van der Waals surface area contributed by atoms with Gasteiger partial charge >= 0.3 is 6.36 Å². The van der Waals surface area contributed by atoms with Gasteiger partial charge in [-0.3, -0.25) is 0 Å². The maximum absolute atomic E-state index is 13.3. The molecule has 2 aromatic carbocycles. The fraction of sp³-hybridized carbons (Fsp3) is 0.143.